The third kappa shape index (κ3) is 3.36. The zero-order chi connectivity index (χ0) is 31.3. The first-order valence-corrected chi connectivity index (χ1v) is 13.7. The van der Waals surface area contributed by atoms with Crippen molar-refractivity contribution in [2.75, 3.05) is 0 Å². The lowest BCUT2D eigenvalue weighted by Crippen LogP contribution is -1.89. The molecule has 9 aromatic rings. The van der Waals surface area contributed by atoms with Gasteiger partial charge in [0.25, 0.3) is 0 Å². The largest absolute Gasteiger partial charge is 0.456 e. The van der Waals surface area contributed by atoms with Crippen LogP contribution in [-0.2, 0) is 0 Å². The molecule has 1 heterocycles. The maximum atomic E-state index is 8.65. The molecule has 41 heavy (non-hydrogen) atoms. The van der Waals surface area contributed by atoms with E-state index < -0.39 is 0 Å². The number of hydrogen-bond acceptors (Lipinski definition) is 1. The molecule has 0 aliphatic rings. The Kier molecular flexibility index (Phi) is 3.76. The van der Waals surface area contributed by atoms with Crippen LogP contribution in [-0.4, -0.2) is 0 Å². The predicted octanol–water partition coefficient (Wildman–Crippen LogP) is 11.5. The van der Waals surface area contributed by atoms with Gasteiger partial charge in [-0.2, -0.15) is 0 Å². The molecule has 0 radical (unpaired) electrons. The van der Waals surface area contributed by atoms with Crippen molar-refractivity contribution in [3.05, 3.63) is 145 Å². The standard InChI is InChI=1S/C40H24O/c1-3-7-25(8-4-1)29-15-21-37-35(23-29)36-24-30(16-22-38(36)41-37)32-18-12-28-13-19-33-31(26-9-5-2-6-10-26)17-11-27-14-20-34(32)40(28)39(27)33/h1-24H/i2D,5D,6D,9D,10D. The van der Waals surface area contributed by atoms with Gasteiger partial charge in [0.15, 0.2) is 0 Å². The Morgan fingerprint density at radius 3 is 1.63 bits per heavy atom. The van der Waals surface area contributed by atoms with Gasteiger partial charge >= 0.3 is 0 Å². The van der Waals surface area contributed by atoms with E-state index in [1.807, 2.05) is 48.5 Å². The minimum Gasteiger partial charge on any atom is -0.456 e. The lowest BCUT2D eigenvalue weighted by molar-refractivity contribution is 0.669. The molecular weight excluding hydrogens is 496 g/mol. The van der Waals surface area contributed by atoms with Crippen molar-refractivity contribution < 1.29 is 11.3 Å². The molecule has 0 bridgehead atoms. The van der Waals surface area contributed by atoms with Gasteiger partial charge in [-0.1, -0.05) is 121 Å². The molecule has 8 aromatic carbocycles. The Bertz CT molecular complexity index is 2660. The first-order chi connectivity index (χ1) is 22.4. The SMILES string of the molecule is [2H]c1c([2H])c([2H])c(-c2ccc3ccc4c(-c5ccc6oc7ccc(-c8ccccc8)cc7c6c5)ccc5ccc2c3c54)c([2H])c1[2H]. The van der Waals surface area contributed by atoms with Crippen LogP contribution in [0.4, 0.5) is 0 Å². The van der Waals surface area contributed by atoms with E-state index in [0.29, 0.717) is 5.56 Å². The van der Waals surface area contributed by atoms with Crippen LogP contribution in [0.3, 0.4) is 0 Å². The van der Waals surface area contributed by atoms with Crippen LogP contribution in [0.1, 0.15) is 6.85 Å². The van der Waals surface area contributed by atoms with Crippen molar-refractivity contribution in [1.82, 2.24) is 0 Å². The molecule has 9 rings (SSSR count). The maximum Gasteiger partial charge on any atom is 0.135 e. The van der Waals surface area contributed by atoms with E-state index in [-0.39, 0.29) is 35.8 Å². The van der Waals surface area contributed by atoms with Crippen molar-refractivity contribution >= 4 is 54.3 Å². The molecule has 0 spiro atoms. The van der Waals surface area contributed by atoms with E-state index in [2.05, 4.69) is 66.7 Å². The normalized spacial score (nSPS) is 13.6. The molecule has 1 nitrogen and oxygen atoms in total. The fraction of sp³-hybridized carbons (Fsp3) is 0. The molecule has 1 heteroatoms. The summed E-state index contributed by atoms with van der Waals surface area (Å²) in [4.78, 5) is 0. The van der Waals surface area contributed by atoms with Gasteiger partial charge in [-0.25, -0.2) is 0 Å². The molecule has 0 amide bonds. The lowest BCUT2D eigenvalue weighted by Gasteiger charge is -2.16. The highest BCUT2D eigenvalue weighted by atomic mass is 16.3. The molecule has 0 unspecified atom stereocenters. The lowest BCUT2D eigenvalue weighted by atomic mass is 9.87. The Morgan fingerprint density at radius 2 is 0.976 bits per heavy atom. The van der Waals surface area contributed by atoms with E-state index in [4.69, 9.17) is 11.3 Å². The third-order valence-corrected chi connectivity index (χ3v) is 8.32. The van der Waals surface area contributed by atoms with Crippen LogP contribution in [0, 0.1) is 0 Å². The third-order valence-electron chi connectivity index (χ3n) is 8.32. The Labute approximate surface area is 244 Å². The predicted molar refractivity (Wildman–Crippen MR) is 174 cm³/mol. The van der Waals surface area contributed by atoms with Crippen LogP contribution in [0.5, 0.6) is 0 Å². The summed E-state index contributed by atoms with van der Waals surface area (Å²) in [6, 6.07) is 38.1. The summed E-state index contributed by atoms with van der Waals surface area (Å²) in [5, 5.41) is 8.29. The van der Waals surface area contributed by atoms with Crippen molar-refractivity contribution in [2.24, 2.45) is 0 Å². The highest BCUT2D eigenvalue weighted by molar-refractivity contribution is 6.27. The van der Waals surface area contributed by atoms with Crippen LogP contribution >= 0.6 is 0 Å². The fourth-order valence-corrected chi connectivity index (χ4v) is 6.41. The van der Waals surface area contributed by atoms with Gasteiger partial charge in [0.1, 0.15) is 11.2 Å². The minimum atomic E-state index is -0.389. The molecule has 0 saturated heterocycles. The van der Waals surface area contributed by atoms with Crippen LogP contribution < -0.4 is 0 Å². The van der Waals surface area contributed by atoms with Crippen molar-refractivity contribution in [2.45, 2.75) is 0 Å². The Morgan fingerprint density at radius 1 is 0.415 bits per heavy atom. The molecule has 0 fully saturated rings. The van der Waals surface area contributed by atoms with Gasteiger partial charge in [-0.3, -0.25) is 0 Å². The van der Waals surface area contributed by atoms with Gasteiger partial charge in [0.05, 0.1) is 6.85 Å². The topological polar surface area (TPSA) is 13.1 Å². The number of fused-ring (bicyclic) bond motifs is 3. The van der Waals surface area contributed by atoms with Crippen molar-refractivity contribution in [3.8, 4) is 33.4 Å². The number of rotatable bonds is 3. The molecule has 0 N–H and O–H groups in total. The van der Waals surface area contributed by atoms with Crippen molar-refractivity contribution in [1.29, 1.82) is 0 Å². The number of furan rings is 1. The smallest absolute Gasteiger partial charge is 0.135 e. The molecule has 0 aliphatic carbocycles. The zero-order valence-electron chi connectivity index (χ0n) is 26.9. The second-order valence-corrected chi connectivity index (χ2v) is 10.5. The monoisotopic (exact) mass is 525 g/mol. The van der Waals surface area contributed by atoms with Gasteiger partial charge in [-0.05, 0) is 90.0 Å². The minimum absolute atomic E-state index is 0.196. The van der Waals surface area contributed by atoms with E-state index in [9.17, 15) is 0 Å². The molecule has 190 valence electrons. The summed E-state index contributed by atoms with van der Waals surface area (Å²) < 4.78 is 48.1. The highest BCUT2D eigenvalue weighted by Crippen LogP contribution is 2.43. The first-order valence-electron chi connectivity index (χ1n) is 16.2. The molecule has 1 aromatic heterocycles. The second kappa shape index (κ2) is 8.55. The van der Waals surface area contributed by atoms with Crippen LogP contribution in [0.25, 0.3) is 87.6 Å². The van der Waals surface area contributed by atoms with Crippen molar-refractivity contribution in [3.63, 3.8) is 0 Å². The van der Waals surface area contributed by atoms with Gasteiger partial charge in [-0.15, -0.1) is 0 Å². The second-order valence-electron chi connectivity index (χ2n) is 10.5. The molecule has 0 atom stereocenters. The van der Waals surface area contributed by atoms with Crippen LogP contribution in [0.15, 0.2) is 150 Å². The van der Waals surface area contributed by atoms with Crippen LogP contribution in [0.2, 0.25) is 0 Å². The summed E-state index contributed by atoms with van der Waals surface area (Å²) in [7, 11) is 0. The van der Waals surface area contributed by atoms with E-state index >= 15 is 0 Å². The molecular formula is C40H24O. The van der Waals surface area contributed by atoms with Gasteiger partial charge in [0, 0.05) is 10.8 Å². The Balaban J connectivity index is 1.28. The first kappa shape index (κ1) is 18.0. The Hall–Kier alpha value is -5.40. The summed E-state index contributed by atoms with van der Waals surface area (Å²) in [5.41, 5.74) is 6.99. The van der Waals surface area contributed by atoms with E-state index in [1.54, 1.807) is 0 Å². The highest BCUT2D eigenvalue weighted by Gasteiger charge is 2.16. The molecule has 0 aliphatic heterocycles. The fourth-order valence-electron chi connectivity index (χ4n) is 6.41. The number of benzene rings is 8. The molecule has 0 saturated carbocycles. The van der Waals surface area contributed by atoms with E-state index in [1.165, 1.54) is 0 Å². The quantitative estimate of drug-likeness (QED) is 0.209. The summed E-state index contributed by atoms with van der Waals surface area (Å²) in [5.74, 6) is 0. The number of hydrogen-bond donors (Lipinski definition) is 0. The summed E-state index contributed by atoms with van der Waals surface area (Å²) in [6.07, 6.45) is 0. The summed E-state index contributed by atoms with van der Waals surface area (Å²) >= 11 is 0. The zero-order valence-corrected chi connectivity index (χ0v) is 21.9. The summed E-state index contributed by atoms with van der Waals surface area (Å²) in [6.45, 7) is 0. The van der Waals surface area contributed by atoms with Gasteiger partial charge in [0.2, 0.25) is 0 Å². The average molecular weight is 526 g/mol. The maximum absolute atomic E-state index is 8.65. The average Bonchev–Trinajstić information content (AvgIpc) is 3.47. The van der Waals surface area contributed by atoms with Gasteiger partial charge < -0.3 is 4.42 Å². The van der Waals surface area contributed by atoms with E-state index in [0.717, 1.165) is 76.5 Å².